The lowest BCUT2D eigenvalue weighted by Crippen LogP contribution is -2.34. The van der Waals surface area contributed by atoms with Crippen molar-refractivity contribution in [3.8, 4) is 0 Å². The zero-order chi connectivity index (χ0) is 7.45. The first-order chi connectivity index (χ1) is 4.77. The molecule has 3 nitrogen and oxygen atoms in total. The minimum absolute atomic E-state index is 0.306. The van der Waals surface area contributed by atoms with Gasteiger partial charge in [0, 0.05) is 6.61 Å². The first-order valence-electron chi connectivity index (χ1n) is 3.54. The van der Waals surface area contributed by atoms with Gasteiger partial charge in [-0.2, -0.15) is 4.99 Å². The Hall–Kier alpha value is -0.443. The lowest BCUT2D eigenvalue weighted by Gasteiger charge is -2.28. The van der Waals surface area contributed by atoms with Crippen LogP contribution in [0.15, 0.2) is 4.99 Å². The first kappa shape index (κ1) is 7.66. The molecule has 0 aromatic heterocycles. The molecule has 0 aromatic rings. The van der Waals surface area contributed by atoms with Gasteiger partial charge in [0.2, 0.25) is 0 Å². The van der Waals surface area contributed by atoms with Gasteiger partial charge in [0.15, 0.2) is 0 Å². The third-order valence-corrected chi connectivity index (χ3v) is 2.75. The van der Waals surface area contributed by atoms with Crippen molar-refractivity contribution in [1.82, 2.24) is 0 Å². The smallest absolute Gasteiger partial charge is 0.143 e. The van der Waals surface area contributed by atoms with E-state index in [1.54, 1.807) is 0 Å². The predicted octanol–water partition coefficient (Wildman–Crippen LogP) is -0.0412. The van der Waals surface area contributed by atoms with E-state index in [-0.39, 0.29) is 5.35 Å². The van der Waals surface area contributed by atoms with Gasteiger partial charge in [0.1, 0.15) is 5.35 Å². The second-order valence-electron chi connectivity index (χ2n) is 2.70. The van der Waals surface area contributed by atoms with Crippen molar-refractivity contribution in [2.75, 3.05) is 6.61 Å². The van der Waals surface area contributed by atoms with E-state index in [9.17, 15) is 0 Å². The lowest BCUT2D eigenvalue weighted by atomic mass is 10.2. The summed E-state index contributed by atoms with van der Waals surface area (Å²) in [6, 6.07) is 2.06. The van der Waals surface area contributed by atoms with Gasteiger partial charge in [-0.15, -0.1) is 0 Å². The summed E-state index contributed by atoms with van der Waals surface area (Å²) in [5, 5.41) is 6.38. The third-order valence-electron chi connectivity index (χ3n) is 1.74. The fourth-order valence-electron chi connectivity index (χ4n) is 1.13. The van der Waals surface area contributed by atoms with Crippen molar-refractivity contribution in [2.24, 2.45) is 4.99 Å². The van der Waals surface area contributed by atoms with Crippen LogP contribution in [0, 0.1) is 5.41 Å². The zero-order valence-corrected chi connectivity index (χ0v) is 8.18. The van der Waals surface area contributed by atoms with Crippen molar-refractivity contribution >= 4 is 16.3 Å². The van der Waals surface area contributed by atoms with Crippen LogP contribution in [-0.4, -0.2) is 28.2 Å². The summed E-state index contributed by atoms with van der Waals surface area (Å²) in [4.78, 5) is 3.87. The van der Waals surface area contributed by atoms with Gasteiger partial charge >= 0.3 is 0 Å². The first-order valence-corrected chi connectivity index (χ1v) is 4.54. The molecule has 1 aliphatic heterocycles. The molecule has 0 aliphatic carbocycles. The van der Waals surface area contributed by atoms with Gasteiger partial charge in [0.25, 0.3) is 0 Å². The average molecular weight is 156 g/mol. The number of rotatable bonds is 1. The van der Waals surface area contributed by atoms with E-state index in [0.717, 1.165) is 29.7 Å². The molecular formula is C6H12N2OSi. The molecule has 1 atom stereocenters. The normalized spacial score (nSPS) is 33.2. The summed E-state index contributed by atoms with van der Waals surface area (Å²) < 4.78 is 5.42. The summed E-state index contributed by atoms with van der Waals surface area (Å²) in [7, 11) is 0.868. The van der Waals surface area contributed by atoms with Crippen LogP contribution in [0.1, 0.15) is 19.3 Å². The van der Waals surface area contributed by atoms with Crippen LogP contribution in [0.4, 0.5) is 0 Å². The number of hydrogen-bond acceptors (Lipinski definition) is 3. The van der Waals surface area contributed by atoms with Crippen LogP contribution in [0.3, 0.4) is 0 Å². The summed E-state index contributed by atoms with van der Waals surface area (Å²) in [5.74, 6) is 0. The molecule has 0 bridgehead atoms. The van der Waals surface area contributed by atoms with Crippen molar-refractivity contribution in [1.29, 1.82) is 5.41 Å². The number of hydrogen-bond donors (Lipinski definition) is 1. The van der Waals surface area contributed by atoms with Gasteiger partial charge in [-0.25, -0.2) is 5.41 Å². The van der Waals surface area contributed by atoms with Crippen LogP contribution < -0.4 is 0 Å². The minimum atomic E-state index is -0.306. The molecule has 1 rings (SSSR count). The van der Waals surface area contributed by atoms with Crippen molar-refractivity contribution < 1.29 is 4.74 Å². The number of aliphatic imine (C=N–C) groups is 1. The lowest BCUT2D eigenvalue weighted by molar-refractivity contribution is -0.0105. The molecule has 0 radical (unpaired) electrons. The highest BCUT2D eigenvalue weighted by molar-refractivity contribution is 6.14. The molecule has 1 fully saturated rings. The topological polar surface area (TPSA) is 45.4 Å². The van der Waals surface area contributed by atoms with Crippen LogP contribution in [-0.2, 0) is 4.74 Å². The van der Waals surface area contributed by atoms with E-state index in [2.05, 4.69) is 11.0 Å². The number of ether oxygens (including phenoxy) is 1. The molecule has 1 saturated heterocycles. The Morgan fingerprint density at radius 3 is 2.90 bits per heavy atom. The third kappa shape index (κ3) is 1.77. The summed E-state index contributed by atoms with van der Waals surface area (Å²) in [6.45, 7) is 0.800. The molecule has 0 amide bonds. The van der Waals surface area contributed by atoms with Gasteiger partial charge in [-0.3, -0.25) is 0 Å². The fourth-order valence-corrected chi connectivity index (χ4v) is 1.80. The Morgan fingerprint density at radius 2 is 2.40 bits per heavy atom. The second kappa shape index (κ2) is 3.10. The maximum absolute atomic E-state index is 6.69. The minimum Gasteiger partial charge on any atom is -0.358 e. The van der Waals surface area contributed by atoms with Crippen molar-refractivity contribution in [3.63, 3.8) is 0 Å². The maximum atomic E-state index is 6.69. The van der Waals surface area contributed by atoms with Gasteiger partial charge in [-0.05, 0) is 19.3 Å². The molecule has 56 valence electrons. The monoisotopic (exact) mass is 156 g/mol. The van der Waals surface area contributed by atoms with Gasteiger partial charge in [0.05, 0.1) is 16.3 Å². The molecule has 1 N–H and O–H groups in total. The van der Waals surface area contributed by atoms with Crippen LogP contribution >= 0.6 is 0 Å². The second-order valence-corrected chi connectivity index (χ2v) is 4.27. The molecule has 1 aliphatic rings. The number of nitrogens with one attached hydrogen (secondary N) is 1. The molecule has 1 heterocycles. The van der Waals surface area contributed by atoms with E-state index in [1.807, 2.05) is 0 Å². The summed E-state index contributed by atoms with van der Waals surface area (Å²) >= 11 is 0. The Labute approximate surface area is 63.4 Å². The molecule has 0 aromatic carbocycles. The van der Waals surface area contributed by atoms with E-state index >= 15 is 0 Å². The van der Waals surface area contributed by atoms with E-state index < -0.39 is 0 Å². The number of nitrogens with zero attached hydrogens (tertiary/aromatic N) is 1. The van der Waals surface area contributed by atoms with Crippen LogP contribution in [0.25, 0.3) is 0 Å². The van der Waals surface area contributed by atoms with E-state index in [0.29, 0.717) is 0 Å². The van der Waals surface area contributed by atoms with Gasteiger partial charge in [-0.1, -0.05) is 0 Å². The Balaban J connectivity index is 2.56. The molecule has 10 heavy (non-hydrogen) atoms. The zero-order valence-electron chi connectivity index (χ0n) is 6.18. The molecule has 0 saturated carbocycles. The standard InChI is InChI=1S/C6H12N2OSi/c7-5-8-6(10)3-1-2-4-9-6/h7H,1-4H2,10H3. The molecule has 4 heteroatoms. The molecule has 0 spiro atoms. The highest BCUT2D eigenvalue weighted by Gasteiger charge is 2.25. The van der Waals surface area contributed by atoms with E-state index in [4.69, 9.17) is 10.1 Å². The largest absolute Gasteiger partial charge is 0.358 e. The quantitative estimate of drug-likeness (QED) is 0.420. The predicted molar refractivity (Wildman–Crippen MR) is 42.6 cm³/mol. The Kier molecular flexibility index (Phi) is 2.37. The highest BCUT2D eigenvalue weighted by atomic mass is 28.1. The summed E-state index contributed by atoms with van der Waals surface area (Å²) in [5.41, 5.74) is 0. The van der Waals surface area contributed by atoms with Gasteiger partial charge < -0.3 is 4.74 Å². The van der Waals surface area contributed by atoms with Crippen LogP contribution in [0.2, 0.25) is 0 Å². The SMILES string of the molecule is N=C=NC1([SiH3])CCCCO1. The fraction of sp³-hybridized carbons (Fsp3) is 0.833. The highest BCUT2D eigenvalue weighted by Crippen LogP contribution is 2.21. The Morgan fingerprint density at radius 1 is 1.60 bits per heavy atom. The Bertz CT molecular complexity index is 159. The average Bonchev–Trinajstić information content (AvgIpc) is 1.89. The maximum Gasteiger partial charge on any atom is 0.143 e. The van der Waals surface area contributed by atoms with Crippen molar-refractivity contribution in [2.45, 2.75) is 24.6 Å². The molecular weight excluding hydrogens is 144 g/mol. The van der Waals surface area contributed by atoms with Crippen LogP contribution in [0.5, 0.6) is 0 Å². The summed E-state index contributed by atoms with van der Waals surface area (Å²) in [6.07, 6.45) is 3.29. The van der Waals surface area contributed by atoms with Crippen molar-refractivity contribution in [3.05, 3.63) is 0 Å². The van der Waals surface area contributed by atoms with E-state index in [1.165, 1.54) is 6.42 Å². The molecule has 1 unspecified atom stereocenters.